The van der Waals surface area contributed by atoms with Crippen LogP contribution >= 0.6 is 0 Å². The second-order valence-electron chi connectivity index (χ2n) is 13.9. The SMILES string of the molecule is C=C1C[C@]23C[C@@]1(O[Si](C)(C)C)CC[C@H]2[C@@]12CC[C@H](O[Si](C)(C)C)C(C)(C(=O)O1)[C@H]2C3C(=O)OC. The molecule has 4 bridgehead atoms. The van der Waals surface area contributed by atoms with Crippen LogP contribution in [0.25, 0.3) is 0 Å². The number of hydrogen-bond donors (Lipinski definition) is 0. The lowest BCUT2D eigenvalue weighted by atomic mass is 9.59. The number of methoxy groups -OCH3 is 1. The molecule has 0 radical (unpaired) electrons. The van der Waals surface area contributed by atoms with Crippen molar-refractivity contribution in [2.75, 3.05) is 7.11 Å². The van der Waals surface area contributed by atoms with E-state index in [0.717, 1.165) is 44.1 Å². The molecule has 0 aromatic heterocycles. The van der Waals surface area contributed by atoms with Crippen molar-refractivity contribution in [1.29, 1.82) is 0 Å². The van der Waals surface area contributed by atoms with Crippen LogP contribution < -0.4 is 0 Å². The molecule has 1 aliphatic heterocycles. The first-order valence-electron chi connectivity index (χ1n) is 12.9. The number of ether oxygens (including phenoxy) is 2. The number of carbonyl (C=O) groups excluding carboxylic acids is 2. The van der Waals surface area contributed by atoms with E-state index in [9.17, 15) is 9.59 Å². The van der Waals surface area contributed by atoms with Crippen LogP contribution in [0.4, 0.5) is 0 Å². The summed E-state index contributed by atoms with van der Waals surface area (Å²) in [6, 6.07) is 0. The second kappa shape index (κ2) is 7.08. The molecule has 1 heterocycles. The third-order valence-corrected chi connectivity index (χ3v) is 11.7. The Morgan fingerprint density at radius 2 is 1.76 bits per heavy atom. The Labute approximate surface area is 206 Å². The quantitative estimate of drug-likeness (QED) is 0.295. The van der Waals surface area contributed by atoms with Crippen molar-refractivity contribution in [3.8, 4) is 0 Å². The standard InChI is InChI=1S/C26H42O6Si2/c1-16-14-24-15-25(16,32-34(7,8)9)12-10-17(24)26-13-11-18(31-33(4,5)6)23(2,22(28)30-26)20(26)19(24)21(27)29-3/h17-20H,1,10-15H2,2-9H3/t17-,18+,19?,20-,23?,24+,25+,26-/m1/s1. The number of rotatable bonds is 5. The maximum atomic E-state index is 13.7. The van der Waals surface area contributed by atoms with Gasteiger partial charge in [-0.25, -0.2) is 0 Å². The van der Waals surface area contributed by atoms with Crippen molar-refractivity contribution in [2.45, 2.75) is 102 Å². The normalized spacial score (nSPS) is 47.3. The highest BCUT2D eigenvalue weighted by Crippen LogP contribution is 2.79. The monoisotopic (exact) mass is 506 g/mol. The molecule has 5 fully saturated rings. The predicted molar refractivity (Wildman–Crippen MR) is 134 cm³/mol. The molecule has 34 heavy (non-hydrogen) atoms. The highest BCUT2D eigenvalue weighted by atomic mass is 28.4. The van der Waals surface area contributed by atoms with Crippen LogP contribution in [0.1, 0.15) is 45.4 Å². The van der Waals surface area contributed by atoms with Gasteiger partial charge in [0, 0.05) is 11.8 Å². The summed E-state index contributed by atoms with van der Waals surface area (Å²) in [6.45, 7) is 19.7. The second-order valence-corrected chi connectivity index (χ2v) is 22.7. The van der Waals surface area contributed by atoms with Crippen LogP contribution in [0.15, 0.2) is 12.2 Å². The van der Waals surface area contributed by atoms with Crippen LogP contribution in [0.2, 0.25) is 39.3 Å². The minimum atomic E-state index is -1.92. The molecule has 0 aromatic carbocycles. The van der Waals surface area contributed by atoms with Gasteiger partial charge in [0.15, 0.2) is 16.6 Å². The fourth-order valence-electron chi connectivity index (χ4n) is 9.07. The first kappa shape index (κ1) is 24.7. The van der Waals surface area contributed by atoms with E-state index < -0.39 is 33.6 Å². The molecular weight excluding hydrogens is 464 g/mol. The number of fused-ring (bicyclic) bond motifs is 1. The zero-order valence-electron chi connectivity index (χ0n) is 22.2. The molecule has 0 aromatic rings. The van der Waals surface area contributed by atoms with Crippen LogP contribution in [-0.4, -0.2) is 53.0 Å². The van der Waals surface area contributed by atoms with Crippen LogP contribution in [0.5, 0.6) is 0 Å². The third kappa shape index (κ3) is 3.04. The minimum Gasteiger partial charge on any atom is -0.469 e. The number of hydrogen-bond acceptors (Lipinski definition) is 6. The lowest BCUT2D eigenvalue weighted by Crippen LogP contribution is -2.56. The first-order valence-corrected chi connectivity index (χ1v) is 19.7. The largest absolute Gasteiger partial charge is 0.469 e. The minimum absolute atomic E-state index is 0.116. The zero-order valence-corrected chi connectivity index (χ0v) is 24.2. The van der Waals surface area contributed by atoms with E-state index in [0.29, 0.717) is 0 Å². The molecule has 2 unspecified atom stereocenters. The van der Waals surface area contributed by atoms with E-state index >= 15 is 0 Å². The summed E-state index contributed by atoms with van der Waals surface area (Å²) in [6.07, 6.45) is 4.60. The summed E-state index contributed by atoms with van der Waals surface area (Å²) >= 11 is 0. The molecule has 6 nitrogen and oxygen atoms in total. The van der Waals surface area contributed by atoms with Gasteiger partial charge in [0.25, 0.3) is 0 Å². The maximum absolute atomic E-state index is 13.7. The average Bonchev–Trinajstić information content (AvgIpc) is 3.12. The van der Waals surface area contributed by atoms with E-state index in [4.69, 9.17) is 18.3 Å². The fraction of sp³-hybridized carbons (Fsp3) is 0.846. The van der Waals surface area contributed by atoms with Crippen LogP contribution in [0.3, 0.4) is 0 Å². The van der Waals surface area contributed by atoms with Crippen molar-refractivity contribution < 1.29 is 27.9 Å². The third-order valence-electron chi connectivity index (χ3n) is 9.69. The topological polar surface area (TPSA) is 71.1 Å². The van der Waals surface area contributed by atoms with Crippen molar-refractivity contribution in [3.05, 3.63) is 12.2 Å². The average molecular weight is 507 g/mol. The summed E-state index contributed by atoms with van der Waals surface area (Å²) in [7, 11) is -2.31. The summed E-state index contributed by atoms with van der Waals surface area (Å²) < 4.78 is 25.5. The van der Waals surface area contributed by atoms with E-state index in [-0.39, 0.29) is 40.9 Å². The molecule has 1 saturated heterocycles. The Morgan fingerprint density at radius 3 is 2.35 bits per heavy atom. The Balaban J connectivity index is 1.65. The molecule has 4 saturated carbocycles. The predicted octanol–water partition coefficient (Wildman–Crippen LogP) is 5.06. The lowest BCUT2D eigenvalue weighted by Gasteiger charge is -2.48. The summed E-state index contributed by atoms with van der Waals surface area (Å²) in [5, 5.41) is 0. The van der Waals surface area contributed by atoms with Gasteiger partial charge in [0.2, 0.25) is 0 Å². The molecule has 5 rings (SSSR count). The molecule has 0 N–H and O–H groups in total. The van der Waals surface area contributed by atoms with Gasteiger partial charge in [0.1, 0.15) is 5.60 Å². The number of esters is 2. The number of carbonyl (C=O) groups is 2. The fourth-order valence-corrected chi connectivity index (χ4v) is 11.8. The van der Waals surface area contributed by atoms with E-state index in [2.05, 4.69) is 45.9 Å². The highest BCUT2D eigenvalue weighted by Gasteiger charge is 2.84. The van der Waals surface area contributed by atoms with Crippen LogP contribution in [0, 0.1) is 28.6 Å². The van der Waals surface area contributed by atoms with Crippen molar-refractivity contribution in [2.24, 2.45) is 28.6 Å². The molecule has 5 aliphatic rings. The summed E-state index contributed by atoms with van der Waals surface area (Å²) in [4.78, 5) is 27.3. The van der Waals surface area contributed by atoms with E-state index in [1.807, 2.05) is 6.92 Å². The molecule has 8 atom stereocenters. The Bertz CT molecular complexity index is 952. The molecule has 4 aliphatic carbocycles. The molecule has 190 valence electrons. The van der Waals surface area contributed by atoms with Crippen molar-refractivity contribution >= 4 is 28.6 Å². The Hall–Kier alpha value is -0.966. The Morgan fingerprint density at radius 1 is 1.09 bits per heavy atom. The van der Waals surface area contributed by atoms with Gasteiger partial charge in [-0.2, -0.15) is 0 Å². The molecule has 1 spiro atoms. The Kier molecular flexibility index (Phi) is 5.14. The molecular formula is C26H42O6Si2. The van der Waals surface area contributed by atoms with Crippen molar-refractivity contribution in [1.82, 2.24) is 0 Å². The van der Waals surface area contributed by atoms with Crippen molar-refractivity contribution in [3.63, 3.8) is 0 Å². The zero-order chi connectivity index (χ0) is 25.1. The van der Waals surface area contributed by atoms with Gasteiger partial charge >= 0.3 is 11.9 Å². The summed E-state index contributed by atoms with van der Waals surface area (Å²) in [5.74, 6) is -0.947. The summed E-state index contributed by atoms with van der Waals surface area (Å²) in [5.41, 5.74) is -1.09. The van der Waals surface area contributed by atoms with Gasteiger partial charge in [-0.15, -0.1) is 0 Å². The molecule has 0 amide bonds. The smallest absolute Gasteiger partial charge is 0.315 e. The molecule has 8 heteroatoms. The van der Waals surface area contributed by atoms with E-state index in [1.165, 1.54) is 7.11 Å². The van der Waals surface area contributed by atoms with Gasteiger partial charge in [-0.1, -0.05) is 6.58 Å². The van der Waals surface area contributed by atoms with Gasteiger partial charge in [0.05, 0.1) is 30.1 Å². The van der Waals surface area contributed by atoms with E-state index in [1.54, 1.807) is 0 Å². The first-order chi connectivity index (χ1) is 15.5. The lowest BCUT2D eigenvalue weighted by molar-refractivity contribution is -0.164. The van der Waals surface area contributed by atoms with Gasteiger partial charge in [-0.05, 0) is 95.7 Å². The highest BCUT2D eigenvalue weighted by molar-refractivity contribution is 6.70. The van der Waals surface area contributed by atoms with Gasteiger partial charge in [-0.3, -0.25) is 9.59 Å². The van der Waals surface area contributed by atoms with Crippen LogP contribution in [-0.2, 0) is 27.9 Å². The van der Waals surface area contributed by atoms with Gasteiger partial charge < -0.3 is 18.3 Å². The maximum Gasteiger partial charge on any atom is 0.315 e.